The van der Waals surface area contributed by atoms with E-state index >= 15 is 0 Å². The van der Waals surface area contributed by atoms with E-state index < -0.39 is 0 Å². The number of hydrogen-bond acceptors (Lipinski definition) is 2. The first-order valence-corrected chi connectivity index (χ1v) is 6.29. The molecule has 0 amide bonds. The Morgan fingerprint density at radius 1 is 1.38 bits per heavy atom. The van der Waals surface area contributed by atoms with E-state index in [1.54, 1.807) is 0 Å². The monoisotopic (exact) mass is 219 g/mol. The zero-order valence-electron chi connectivity index (χ0n) is 10.2. The lowest BCUT2D eigenvalue weighted by Crippen LogP contribution is -2.37. The highest BCUT2D eigenvalue weighted by atomic mass is 16.5. The standard InChI is InChI=1S/C14H21NO/c1-3-13(15-4-2)14-12-8-6-5-7-11(12)9-10-16-14/h5-8,13-15H,3-4,9-10H2,1-2H3. The second-order valence-electron chi connectivity index (χ2n) is 4.31. The van der Waals surface area contributed by atoms with Crippen LogP contribution in [0.1, 0.15) is 37.5 Å². The van der Waals surface area contributed by atoms with Crippen LogP contribution in [0.2, 0.25) is 0 Å². The van der Waals surface area contributed by atoms with Crippen molar-refractivity contribution >= 4 is 0 Å². The first kappa shape index (κ1) is 11.6. The van der Waals surface area contributed by atoms with Gasteiger partial charge in [-0.3, -0.25) is 0 Å². The minimum Gasteiger partial charge on any atom is -0.372 e. The number of ether oxygens (including phenoxy) is 1. The average Bonchev–Trinajstić information content (AvgIpc) is 2.35. The van der Waals surface area contributed by atoms with Crippen LogP contribution in [-0.4, -0.2) is 19.2 Å². The summed E-state index contributed by atoms with van der Waals surface area (Å²) < 4.78 is 5.95. The predicted octanol–water partition coefficient (Wildman–Crippen LogP) is 2.69. The molecular formula is C14H21NO. The molecular weight excluding hydrogens is 198 g/mol. The van der Waals surface area contributed by atoms with Gasteiger partial charge in [0.2, 0.25) is 0 Å². The number of rotatable bonds is 4. The van der Waals surface area contributed by atoms with Crippen molar-refractivity contribution in [1.29, 1.82) is 0 Å². The topological polar surface area (TPSA) is 21.3 Å². The quantitative estimate of drug-likeness (QED) is 0.840. The van der Waals surface area contributed by atoms with Crippen molar-refractivity contribution in [3.8, 4) is 0 Å². The molecule has 0 aliphatic carbocycles. The van der Waals surface area contributed by atoms with Crippen LogP contribution in [0.15, 0.2) is 24.3 Å². The molecule has 0 saturated heterocycles. The van der Waals surface area contributed by atoms with Gasteiger partial charge in [-0.2, -0.15) is 0 Å². The minimum atomic E-state index is 0.231. The Kier molecular flexibility index (Phi) is 3.97. The van der Waals surface area contributed by atoms with Gasteiger partial charge in [-0.25, -0.2) is 0 Å². The van der Waals surface area contributed by atoms with Crippen LogP contribution in [0.4, 0.5) is 0 Å². The summed E-state index contributed by atoms with van der Waals surface area (Å²) in [5, 5.41) is 3.52. The van der Waals surface area contributed by atoms with E-state index in [1.165, 1.54) is 11.1 Å². The number of fused-ring (bicyclic) bond motifs is 1. The summed E-state index contributed by atoms with van der Waals surface area (Å²) in [5.74, 6) is 0. The Morgan fingerprint density at radius 3 is 2.94 bits per heavy atom. The lowest BCUT2D eigenvalue weighted by Gasteiger charge is -2.32. The highest BCUT2D eigenvalue weighted by Gasteiger charge is 2.26. The van der Waals surface area contributed by atoms with E-state index in [0.29, 0.717) is 6.04 Å². The molecule has 0 fully saturated rings. The van der Waals surface area contributed by atoms with Gasteiger partial charge in [0.05, 0.1) is 12.7 Å². The maximum atomic E-state index is 5.95. The van der Waals surface area contributed by atoms with Gasteiger partial charge in [0.15, 0.2) is 0 Å². The van der Waals surface area contributed by atoms with E-state index in [2.05, 4.69) is 43.4 Å². The van der Waals surface area contributed by atoms with Crippen LogP contribution >= 0.6 is 0 Å². The Labute approximate surface area is 98.0 Å². The predicted molar refractivity (Wildman–Crippen MR) is 66.6 cm³/mol. The molecule has 1 N–H and O–H groups in total. The zero-order valence-corrected chi connectivity index (χ0v) is 10.2. The summed E-state index contributed by atoms with van der Waals surface area (Å²) in [6.07, 6.45) is 2.39. The van der Waals surface area contributed by atoms with E-state index in [9.17, 15) is 0 Å². The molecule has 1 aromatic rings. The van der Waals surface area contributed by atoms with Gasteiger partial charge in [-0.1, -0.05) is 38.1 Å². The molecule has 88 valence electrons. The molecule has 0 spiro atoms. The number of likely N-dealkylation sites (N-methyl/N-ethyl adjacent to an activating group) is 1. The van der Waals surface area contributed by atoms with Crippen LogP contribution in [-0.2, 0) is 11.2 Å². The van der Waals surface area contributed by atoms with Crippen molar-refractivity contribution in [2.45, 2.75) is 38.8 Å². The lowest BCUT2D eigenvalue weighted by molar-refractivity contribution is 0.0148. The molecule has 2 rings (SSSR count). The molecule has 0 bridgehead atoms. The van der Waals surface area contributed by atoms with Gasteiger partial charge < -0.3 is 10.1 Å². The first-order chi connectivity index (χ1) is 7.86. The van der Waals surface area contributed by atoms with Gasteiger partial charge >= 0.3 is 0 Å². The van der Waals surface area contributed by atoms with Crippen molar-refractivity contribution in [3.05, 3.63) is 35.4 Å². The largest absolute Gasteiger partial charge is 0.372 e. The molecule has 0 aromatic heterocycles. The van der Waals surface area contributed by atoms with Gasteiger partial charge in [0.1, 0.15) is 0 Å². The summed E-state index contributed by atoms with van der Waals surface area (Å²) in [6.45, 7) is 6.22. The van der Waals surface area contributed by atoms with Crippen molar-refractivity contribution in [1.82, 2.24) is 5.32 Å². The number of nitrogens with one attached hydrogen (secondary N) is 1. The molecule has 1 aliphatic rings. The fourth-order valence-corrected chi connectivity index (χ4v) is 2.49. The van der Waals surface area contributed by atoms with E-state index in [0.717, 1.165) is 26.0 Å². The second kappa shape index (κ2) is 5.46. The Bertz CT molecular complexity index is 337. The zero-order chi connectivity index (χ0) is 11.4. The molecule has 1 heterocycles. The SMILES string of the molecule is CCNC(CC)C1OCCc2ccccc21. The molecule has 0 saturated carbocycles. The average molecular weight is 219 g/mol. The molecule has 1 aliphatic heterocycles. The summed E-state index contributed by atoms with van der Waals surface area (Å²) in [5.41, 5.74) is 2.83. The molecule has 2 atom stereocenters. The smallest absolute Gasteiger partial charge is 0.0980 e. The minimum absolute atomic E-state index is 0.231. The lowest BCUT2D eigenvalue weighted by atomic mass is 9.92. The van der Waals surface area contributed by atoms with Gasteiger partial charge in [0.25, 0.3) is 0 Å². The van der Waals surface area contributed by atoms with Crippen molar-refractivity contribution < 1.29 is 4.74 Å². The summed E-state index contributed by atoms with van der Waals surface area (Å²) in [7, 11) is 0. The van der Waals surface area contributed by atoms with E-state index in [4.69, 9.17) is 4.74 Å². The molecule has 16 heavy (non-hydrogen) atoms. The van der Waals surface area contributed by atoms with Crippen LogP contribution in [0.5, 0.6) is 0 Å². The van der Waals surface area contributed by atoms with Crippen molar-refractivity contribution in [2.75, 3.05) is 13.2 Å². The summed E-state index contributed by atoms with van der Waals surface area (Å²) in [6, 6.07) is 9.10. The number of hydrogen-bond donors (Lipinski definition) is 1. The Morgan fingerprint density at radius 2 is 2.19 bits per heavy atom. The maximum absolute atomic E-state index is 5.95. The summed E-state index contributed by atoms with van der Waals surface area (Å²) >= 11 is 0. The third-order valence-corrected chi connectivity index (χ3v) is 3.30. The third-order valence-electron chi connectivity index (χ3n) is 3.30. The molecule has 2 heteroatoms. The van der Waals surface area contributed by atoms with E-state index in [-0.39, 0.29) is 6.10 Å². The van der Waals surface area contributed by atoms with Gasteiger partial charge in [-0.15, -0.1) is 0 Å². The van der Waals surface area contributed by atoms with Crippen LogP contribution in [0.25, 0.3) is 0 Å². The molecule has 0 radical (unpaired) electrons. The van der Waals surface area contributed by atoms with Crippen molar-refractivity contribution in [2.24, 2.45) is 0 Å². The van der Waals surface area contributed by atoms with Gasteiger partial charge in [0, 0.05) is 6.04 Å². The maximum Gasteiger partial charge on any atom is 0.0980 e. The third kappa shape index (κ3) is 2.28. The van der Waals surface area contributed by atoms with Crippen LogP contribution in [0, 0.1) is 0 Å². The molecule has 2 unspecified atom stereocenters. The highest BCUT2D eigenvalue weighted by Crippen LogP contribution is 2.30. The van der Waals surface area contributed by atoms with Crippen molar-refractivity contribution in [3.63, 3.8) is 0 Å². The normalized spacial score (nSPS) is 21.5. The Hall–Kier alpha value is -0.860. The fraction of sp³-hybridized carbons (Fsp3) is 0.571. The van der Waals surface area contributed by atoms with Crippen LogP contribution in [0.3, 0.4) is 0 Å². The van der Waals surface area contributed by atoms with E-state index in [1.807, 2.05) is 0 Å². The summed E-state index contributed by atoms with van der Waals surface area (Å²) in [4.78, 5) is 0. The molecule has 1 aromatic carbocycles. The second-order valence-corrected chi connectivity index (χ2v) is 4.31. The molecule has 2 nitrogen and oxygen atoms in total. The van der Waals surface area contributed by atoms with Gasteiger partial charge in [-0.05, 0) is 30.5 Å². The first-order valence-electron chi connectivity index (χ1n) is 6.29. The van der Waals surface area contributed by atoms with Crippen LogP contribution < -0.4 is 5.32 Å². The Balaban J connectivity index is 2.23. The fourth-order valence-electron chi connectivity index (χ4n) is 2.49. The number of benzene rings is 1. The highest BCUT2D eigenvalue weighted by molar-refractivity contribution is 5.31.